The van der Waals surface area contributed by atoms with E-state index in [0.717, 1.165) is 13.1 Å². The summed E-state index contributed by atoms with van der Waals surface area (Å²) < 4.78 is 2.26. The van der Waals surface area contributed by atoms with Gasteiger partial charge in [0.2, 0.25) is 0 Å². The second-order valence-corrected chi connectivity index (χ2v) is 5.62. The Bertz CT molecular complexity index is 373. The van der Waals surface area contributed by atoms with Gasteiger partial charge in [-0.25, -0.2) is 0 Å². The molecule has 1 aliphatic rings. The van der Waals surface area contributed by atoms with Gasteiger partial charge >= 0.3 is 0 Å². The molecule has 2 unspecified atom stereocenters. The minimum absolute atomic E-state index is 0.264. The molecule has 0 aromatic carbocycles. The van der Waals surface area contributed by atoms with Gasteiger partial charge in [0.15, 0.2) is 0 Å². The molecule has 0 aliphatic heterocycles. The zero-order valence-electron chi connectivity index (χ0n) is 11.7. The van der Waals surface area contributed by atoms with Crippen molar-refractivity contribution in [1.29, 1.82) is 0 Å². The van der Waals surface area contributed by atoms with Crippen molar-refractivity contribution in [3.63, 3.8) is 0 Å². The zero-order valence-corrected chi connectivity index (χ0v) is 11.7. The lowest BCUT2D eigenvalue weighted by Crippen LogP contribution is -2.24. The van der Waals surface area contributed by atoms with E-state index in [1.54, 1.807) is 0 Å². The summed E-state index contributed by atoms with van der Waals surface area (Å²) in [6, 6.07) is 0.541. The van der Waals surface area contributed by atoms with Crippen LogP contribution in [0, 0.1) is 5.92 Å². The van der Waals surface area contributed by atoms with Crippen molar-refractivity contribution in [2.24, 2.45) is 5.92 Å². The number of rotatable bonds is 6. The topological polar surface area (TPSA) is 37.2 Å². The van der Waals surface area contributed by atoms with Gasteiger partial charge in [-0.2, -0.15) is 0 Å². The van der Waals surface area contributed by atoms with Gasteiger partial charge in [-0.3, -0.25) is 0 Å². The number of aromatic nitrogens is 1. The summed E-state index contributed by atoms with van der Waals surface area (Å²) in [5.74, 6) is 0.334. The molecule has 0 radical (unpaired) electrons. The lowest BCUT2D eigenvalue weighted by atomic mass is 9.91. The van der Waals surface area contributed by atoms with Crippen LogP contribution in [0.5, 0.6) is 0 Å². The molecule has 18 heavy (non-hydrogen) atoms. The summed E-state index contributed by atoms with van der Waals surface area (Å²) >= 11 is 0. The van der Waals surface area contributed by atoms with E-state index < -0.39 is 0 Å². The van der Waals surface area contributed by atoms with Crippen molar-refractivity contribution in [2.75, 3.05) is 13.2 Å². The molecule has 2 atom stereocenters. The quantitative estimate of drug-likeness (QED) is 0.814. The van der Waals surface area contributed by atoms with Crippen LogP contribution in [-0.2, 0) is 13.0 Å². The smallest absolute Gasteiger partial charge is 0.0473 e. The fourth-order valence-corrected chi connectivity index (χ4v) is 2.80. The SMILES string of the molecule is CCCNC1CCCc2cn(CC(C)CO)cc21. The molecule has 3 heteroatoms. The number of hydrogen-bond acceptors (Lipinski definition) is 2. The van der Waals surface area contributed by atoms with Gasteiger partial charge in [-0.05, 0) is 49.3 Å². The molecule has 2 N–H and O–H groups in total. The predicted molar refractivity (Wildman–Crippen MR) is 74.7 cm³/mol. The van der Waals surface area contributed by atoms with Crippen LogP contribution in [0.4, 0.5) is 0 Å². The zero-order chi connectivity index (χ0) is 13.0. The summed E-state index contributed by atoms with van der Waals surface area (Å²) in [4.78, 5) is 0. The summed E-state index contributed by atoms with van der Waals surface area (Å²) in [6.07, 6.45) is 9.50. The highest BCUT2D eigenvalue weighted by atomic mass is 16.3. The van der Waals surface area contributed by atoms with Crippen molar-refractivity contribution >= 4 is 0 Å². The van der Waals surface area contributed by atoms with E-state index in [9.17, 15) is 0 Å². The molecular formula is C15H26N2O. The van der Waals surface area contributed by atoms with E-state index in [2.05, 4.69) is 36.1 Å². The van der Waals surface area contributed by atoms with E-state index in [0.29, 0.717) is 12.0 Å². The van der Waals surface area contributed by atoms with Gasteiger partial charge in [-0.15, -0.1) is 0 Å². The van der Waals surface area contributed by atoms with Crippen molar-refractivity contribution in [3.05, 3.63) is 23.5 Å². The van der Waals surface area contributed by atoms with Gasteiger partial charge in [0.25, 0.3) is 0 Å². The number of nitrogens with zero attached hydrogens (tertiary/aromatic N) is 1. The molecule has 0 saturated heterocycles. The van der Waals surface area contributed by atoms with Gasteiger partial charge in [-0.1, -0.05) is 13.8 Å². The summed E-state index contributed by atoms with van der Waals surface area (Å²) in [7, 11) is 0. The first-order valence-electron chi connectivity index (χ1n) is 7.27. The van der Waals surface area contributed by atoms with Gasteiger partial charge in [0.05, 0.1) is 0 Å². The van der Waals surface area contributed by atoms with Crippen LogP contribution >= 0.6 is 0 Å². The fourth-order valence-electron chi connectivity index (χ4n) is 2.80. The van der Waals surface area contributed by atoms with E-state index in [1.165, 1.54) is 36.8 Å². The van der Waals surface area contributed by atoms with Gasteiger partial charge in [0.1, 0.15) is 0 Å². The molecule has 0 spiro atoms. The Morgan fingerprint density at radius 3 is 3.06 bits per heavy atom. The number of aryl methyl sites for hydroxylation is 1. The Balaban J connectivity index is 2.07. The highest BCUT2D eigenvalue weighted by Gasteiger charge is 2.21. The Hall–Kier alpha value is -0.800. The summed E-state index contributed by atoms with van der Waals surface area (Å²) in [5, 5.41) is 12.8. The molecule has 102 valence electrons. The van der Waals surface area contributed by atoms with Crippen molar-refractivity contribution < 1.29 is 5.11 Å². The number of hydrogen-bond donors (Lipinski definition) is 2. The molecule has 3 nitrogen and oxygen atoms in total. The molecule has 1 aliphatic carbocycles. The molecule has 1 aromatic rings. The normalized spacial score (nSPS) is 20.7. The van der Waals surface area contributed by atoms with Crippen molar-refractivity contribution in [2.45, 2.75) is 52.1 Å². The minimum Gasteiger partial charge on any atom is -0.396 e. The first kappa shape index (κ1) is 13.6. The number of aliphatic hydroxyl groups is 1. The summed E-state index contributed by atoms with van der Waals surface area (Å²) in [5.41, 5.74) is 2.99. The third-order valence-electron chi connectivity index (χ3n) is 3.79. The van der Waals surface area contributed by atoms with Crippen LogP contribution < -0.4 is 5.32 Å². The second kappa shape index (κ2) is 6.39. The molecule has 0 fully saturated rings. The third-order valence-corrected chi connectivity index (χ3v) is 3.79. The average Bonchev–Trinajstić information content (AvgIpc) is 2.78. The monoisotopic (exact) mass is 250 g/mol. The molecular weight excluding hydrogens is 224 g/mol. The van der Waals surface area contributed by atoms with E-state index in [1.807, 2.05) is 0 Å². The van der Waals surface area contributed by atoms with Crippen LogP contribution in [0.1, 0.15) is 50.3 Å². The highest BCUT2D eigenvalue weighted by Crippen LogP contribution is 2.30. The number of aliphatic hydroxyl groups excluding tert-OH is 1. The molecule has 0 bridgehead atoms. The van der Waals surface area contributed by atoms with Crippen LogP contribution in [-0.4, -0.2) is 22.8 Å². The largest absolute Gasteiger partial charge is 0.396 e. The van der Waals surface area contributed by atoms with Gasteiger partial charge in [0, 0.05) is 31.6 Å². The molecule has 0 amide bonds. The second-order valence-electron chi connectivity index (χ2n) is 5.62. The van der Waals surface area contributed by atoms with Crippen LogP contribution in [0.3, 0.4) is 0 Å². The summed E-state index contributed by atoms with van der Waals surface area (Å²) in [6.45, 7) is 6.59. The van der Waals surface area contributed by atoms with Crippen molar-refractivity contribution in [3.8, 4) is 0 Å². The van der Waals surface area contributed by atoms with E-state index in [-0.39, 0.29) is 6.61 Å². The lowest BCUT2D eigenvalue weighted by molar-refractivity contribution is 0.223. The molecule has 0 saturated carbocycles. The Morgan fingerprint density at radius 2 is 2.33 bits per heavy atom. The highest BCUT2D eigenvalue weighted by molar-refractivity contribution is 5.30. The standard InChI is InChI=1S/C15H26N2O/c1-3-7-16-15-6-4-5-13-9-17(10-14(13)15)8-12(2)11-18/h9-10,12,15-16,18H,3-8,11H2,1-2H3. The first-order valence-corrected chi connectivity index (χ1v) is 7.27. The predicted octanol–water partition coefficient (Wildman–Crippen LogP) is 2.49. The lowest BCUT2D eigenvalue weighted by Gasteiger charge is -2.23. The Kier molecular flexibility index (Phi) is 4.84. The third kappa shape index (κ3) is 3.15. The molecule has 1 aromatic heterocycles. The number of nitrogens with one attached hydrogen (secondary N) is 1. The average molecular weight is 250 g/mol. The maximum Gasteiger partial charge on any atom is 0.0473 e. The van der Waals surface area contributed by atoms with Crippen LogP contribution in [0.15, 0.2) is 12.4 Å². The number of fused-ring (bicyclic) bond motifs is 1. The maximum absolute atomic E-state index is 9.14. The van der Waals surface area contributed by atoms with Gasteiger partial charge < -0.3 is 15.0 Å². The molecule has 2 rings (SSSR count). The Morgan fingerprint density at radius 1 is 1.50 bits per heavy atom. The Labute approximate surface area is 110 Å². The van der Waals surface area contributed by atoms with Crippen LogP contribution in [0.2, 0.25) is 0 Å². The van der Waals surface area contributed by atoms with Crippen LogP contribution in [0.25, 0.3) is 0 Å². The van der Waals surface area contributed by atoms with E-state index in [4.69, 9.17) is 5.11 Å². The first-order chi connectivity index (χ1) is 8.74. The van der Waals surface area contributed by atoms with Crippen molar-refractivity contribution in [1.82, 2.24) is 9.88 Å². The molecule has 1 heterocycles. The van der Waals surface area contributed by atoms with E-state index >= 15 is 0 Å². The minimum atomic E-state index is 0.264. The fraction of sp³-hybridized carbons (Fsp3) is 0.733. The maximum atomic E-state index is 9.14.